The van der Waals surface area contributed by atoms with Crippen molar-refractivity contribution in [3.05, 3.63) is 53.6 Å². The molecule has 0 aliphatic carbocycles. The number of para-hydroxylation sites is 1. The molecule has 1 aliphatic rings. The molecule has 0 fully saturated rings. The Morgan fingerprint density at radius 2 is 1.92 bits per heavy atom. The van der Waals surface area contributed by atoms with Crippen LogP contribution in [0, 0.1) is 0 Å². The summed E-state index contributed by atoms with van der Waals surface area (Å²) >= 11 is 0. The quantitative estimate of drug-likeness (QED) is 0.884. The minimum Gasteiger partial charge on any atom is -0.482 e. The van der Waals surface area contributed by atoms with Crippen LogP contribution in [0.15, 0.2) is 42.5 Å². The summed E-state index contributed by atoms with van der Waals surface area (Å²) in [7, 11) is 0. The maximum atomic E-state index is 13.0. The van der Waals surface area contributed by atoms with Crippen LogP contribution < -0.4 is 15.4 Å². The molecule has 1 aliphatic heterocycles. The molecule has 0 unspecified atom stereocenters. The molecule has 0 atom stereocenters. The van der Waals surface area contributed by atoms with Crippen molar-refractivity contribution in [2.24, 2.45) is 0 Å². The van der Waals surface area contributed by atoms with Crippen molar-refractivity contribution < 1.29 is 27.5 Å². The smallest absolute Gasteiger partial charge is 0.418 e. The van der Waals surface area contributed by atoms with Gasteiger partial charge in [-0.2, -0.15) is 13.2 Å². The SMILES string of the molecule is O=C1COc2ccc(C(=O)Nc3ccccc3C(F)(F)F)cc2N1. The molecule has 2 N–H and O–H groups in total. The summed E-state index contributed by atoms with van der Waals surface area (Å²) in [5, 5.41) is 4.77. The molecule has 2 aromatic rings. The number of nitrogens with one attached hydrogen (secondary N) is 2. The van der Waals surface area contributed by atoms with Crippen molar-refractivity contribution in [1.82, 2.24) is 0 Å². The summed E-state index contributed by atoms with van der Waals surface area (Å²) in [6, 6.07) is 8.91. The van der Waals surface area contributed by atoms with Crippen LogP contribution in [0.1, 0.15) is 15.9 Å². The molecule has 2 aromatic carbocycles. The lowest BCUT2D eigenvalue weighted by molar-refractivity contribution is -0.136. The molecule has 5 nitrogen and oxygen atoms in total. The lowest BCUT2D eigenvalue weighted by atomic mass is 10.1. The summed E-state index contributed by atoms with van der Waals surface area (Å²) in [6.45, 7) is -0.127. The van der Waals surface area contributed by atoms with Crippen LogP contribution in [0.5, 0.6) is 5.75 Å². The maximum Gasteiger partial charge on any atom is 0.418 e. The fourth-order valence-electron chi connectivity index (χ4n) is 2.26. The molecule has 0 saturated heterocycles. The average molecular weight is 336 g/mol. The molecule has 2 amide bonds. The highest BCUT2D eigenvalue weighted by atomic mass is 19.4. The van der Waals surface area contributed by atoms with Gasteiger partial charge in [-0.05, 0) is 30.3 Å². The van der Waals surface area contributed by atoms with Crippen LogP contribution in [-0.4, -0.2) is 18.4 Å². The number of halogens is 3. The number of benzene rings is 2. The van der Waals surface area contributed by atoms with Gasteiger partial charge >= 0.3 is 6.18 Å². The summed E-state index contributed by atoms with van der Waals surface area (Å²) in [4.78, 5) is 23.5. The lowest BCUT2D eigenvalue weighted by Crippen LogP contribution is -2.25. The molecular formula is C16H11F3N2O3. The van der Waals surface area contributed by atoms with E-state index in [0.717, 1.165) is 6.07 Å². The third kappa shape index (κ3) is 3.17. The number of hydrogen-bond acceptors (Lipinski definition) is 3. The van der Waals surface area contributed by atoms with Crippen LogP contribution in [0.25, 0.3) is 0 Å². The fraction of sp³-hybridized carbons (Fsp3) is 0.125. The average Bonchev–Trinajstić information content (AvgIpc) is 2.53. The van der Waals surface area contributed by atoms with Crippen LogP contribution >= 0.6 is 0 Å². The minimum atomic E-state index is -4.58. The Morgan fingerprint density at radius 1 is 1.17 bits per heavy atom. The molecule has 1 heterocycles. The van der Waals surface area contributed by atoms with Gasteiger partial charge in [0, 0.05) is 5.56 Å². The van der Waals surface area contributed by atoms with Crippen molar-refractivity contribution in [2.75, 3.05) is 17.2 Å². The van der Waals surface area contributed by atoms with Gasteiger partial charge in [0.25, 0.3) is 11.8 Å². The number of ether oxygens (including phenoxy) is 1. The van der Waals surface area contributed by atoms with Gasteiger partial charge in [-0.3, -0.25) is 9.59 Å². The summed E-state index contributed by atoms with van der Waals surface area (Å²) in [6.07, 6.45) is -4.58. The summed E-state index contributed by atoms with van der Waals surface area (Å²) in [5.74, 6) is -0.710. The third-order valence-corrected chi connectivity index (χ3v) is 3.36. The molecule has 24 heavy (non-hydrogen) atoms. The number of amides is 2. The Labute approximate surface area is 134 Å². The highest BCUT2D eigenvalue weighted by molar-refractivity contribution is 6.06. The van der Waals surface area contributed by atoms with E-state index in [1.807, 2.05) is 0 Å². The van der Waals surface area contributed by atoms with E-state index >= 15 is 0 Å². The first-order valence-corrected chi connectivity index (χ1v) is 6.89. The van der Waals surface area contributed by atoms with E-state index in [1.54, 1.807) is 0 Å². The molecular weight excluding hydrogens is 325 g/mol. The zero-order valence-corrected chi connectivity index (χ0v) is 12.1. The first-order chi connectivity index (χ1) is 11.3. The summed E-state index contributed by atoms with van der Waals surface area (Å²) < 4.78 is 44.0. The van der Waals surface area contributed by atoms with E-state index < -0.39 is 17.6 Å². The monoisotopic (exact) mass is 336 g/mol. The Kier molecular flexibility index (Phi) is 3.88. The Bertz CT molecular complexity index is 818. The van der Waals surface area contributed by atoms with Crippen molar-refractivity contribution >= 4 is 23.2 Å². The van der Waals surface area contributed by atoms with Gasteiger partial charge in [-0.1, -0.05) is 12.1 Å². The number of hydrogen-bond donors (Lipinski definition) is 2. The predicted octanol–water partition coefficient (Wildman–Crippen LogP) is 3.29. The van der Waals surface area contributed by atoms with Gasteiger partial charge in [0.1, 0.15) is 5.75 Å². The van der Waals surface area contributed by atoms with Crippen molar-refractivity contribution in [3.8, 4) is 5.75 Å². The number of carbonyl (C=O) groups is 2. The van der Waals surface area contributed by atoms with Gasteiger partial charge in [-0.25, -0.2) is 0 Å². The molecule has 8 heteroatoms. The number of rotatable bonds is 2. The van der Waals surface area contributed by atoms with Gasteiger partial charge < -0.3 is 15.4 Å². The largest absolute Gasteiger partial charge is 0.482 e. The second kappa shape index (κ2) is 5.88. The van der Waals surface area contributed by atoms with Gasteiger partial charge in [0.15, 0.2) is 6.61 Å². The van der Waals surface area contributed by atoms with Crippen LogP contribution in [-0.2, 0) is 11.0 Å². The van der Waals surface area contributed by atoms with Gasteiger partial charge in [-0.15, -0.1) is 0 Å². The number of carbonyl (C=O) groups excluding carboxylic acids is 2. The van der Waals surface area contributed by atoms with E-state index in [-0.39, 0.29) is 23.8 Å². The van der Waals surface area contributed by atoms with E-state index in [1.165, 1.54) is 36.4 Å². The molecule has 0 bridgehead atoms. The maximum absolute atomic E-state index is 13.0. The van der Waals surface area contributed by atoms with Crippen LogP contribution in [0.4, 0.5) is 24.5 Å². The normalized spacial score (nSPS) is 13.5. The molecule has 3 rings (SSSR count). The van der Waals surface area contributed by atoms with E-state index in [2.05, 4.69) is 10.6 Å². The van der Waals surface area contributed by atoms with Gasteiger partial charge in [0.05, 0.1) is 16.9 Å². The predicted molar refractivity (Wildman–Crippen MR) is 80.0 cm³/mol. The fourth-order valence-corrected chi connectivity index (χ4v) is 2.26. The zero-order chi connectivity index (χ0) is 17.3. The lowest BCUT2D eigenvalue weighted by Gasteiger charge is -2.18. The zero-order valence-electron chi connectivity index (χ0n) is 12.1. The van der Waals surface area contributed by atoms with Crippen molar-refractivity contribution in [1.29, 1.82) is 0 Å². The second-order valence-electron chi connectivity index (χ2n) is 5.05. The van der Waals surface area contributed by atoms with Gasteiger partial charge in [0.2, 0.25) is 0 Å². The molecule has 0 spiro atoms. The minimum absolute atomic E-state index is 0.0940. The number of anilines is 2. The molecule has 0 saturated carbocycles. The molecule has 0 radical (unpaired) electrons. The molecule has 0 aromatic heterocycles. The number of fused-ring (bicyclic) bond motifs is 1. The van der Waals surface area contributed by atoms with Crippen molar-refractivity contribution in [3.63, 3.8) is 0 Å². The topological polar surface area (TPSA) is 67.4 Å². The highest BCUT2D eigenvalue weighted by Crippen LogP contribution is 2.35. The van der Waals surface area contributed by atoms with E-state index in [0.29, 0.717) is 11.4 Å². The Hall–Kier alpha value is -3.03. The third-order valence-electron chi connectivity index (χ3n) is 3.36. The highest BCUT2D eigenvalue weighted by Gasteiger charge is 2.33. The summed E-state index contributed by atoms with van der Waals surface area (Å²) in [5.41, 5.74) is -0.888. The van der Waals surface area contributed by atoms with E-state index in [4.69, 9.17) is 4.74 Å². The Balaban J connectivity index is 1.87. The van der Waals surface area contributed by atoms with E-state index in [9.17, 15) is 22.8 Å². The number of alkyl halides is 3. The second-order valence-corrected chi connectivity index (χ2v) is 5.05. The first-order valence-electron chi connectivity index (χ1n) is 6.89. The van der Waals surface area contributed by atoms with Crippen LogP contribution in [0.3, 0.4) is 0 Å². The van der Waals surface area contributed by atoms with Crippen molar-refractivity contribution in [2.45, 2.75) is 6.18 Å². The van der Waals surface area contributed by atoms with Crippen LogP contribution in [0.2, 0.25) is 0 Å². The first kappa shape index (κ1) is 15.9. The standard InChI is InChI=1S/C16H11F3N2O3/c17-16(18,19)10-3-1-2-4-11(10)21-15(23)9-5-6-13-12(7-9)20-14(22)8-24-13/h1-7H,8H2,(H,20,22)(H,21,23). The Morgan fingerprint density at radius 3 is 2.67 bits per heavy atom. The molecule has 124 valence electrons.